The van der Waals surface area contributed by atoms with Gasteiger partial charge in [0.1, 0.15) is 0 Å². The van der Waals surface area contributed by atoms with Gasteiger partial charge >= 0.3 is 0 Å². The minimum absolute atomic E-state index is 0.522. The summed E-state index contributed by atoms with van der Waals surface area (Å²) >= 11 is 2.02. The first-order valence-electron chi connectivity index (χ1n) is 5.23. The molecule has 2 rings (SSSR count). The van der Waals surface area contributed by atoms with E-state index < -0.39 is 0 Å². The largest absolute Gasteiger partial charge is 0.301 e. The van der Waals surface area contributed by atoms with Gasteiger partial charge in [-0.25, -0.2) is 0 Å². The molecule has 14 heavy (non-hydrogen) atoms. The molecule has 1 saturated heterocycles. The van der Waals surface area contributed by atoms with Crippen LogP contribution in [0.5, 0.6) is 0 Å². The van der Waals surface area contributed by atoms with E-state index in [9.17, 15) is 0 Å². The van der Waals surface area contributed by atoms with Gasteiger partial charge in [0.05, 0.1) is 5.37 Å². The van der Waals surface area contributed by atoms with Crippen molar-refractivity contribution in [2.75, 3.05) is 12.3 Å². The Morgan fingerprint density at radius 2 is 2.14 bits per heavy atom. The third kappa shape index (κ3) is 1.96. The van der Waals surface area contributed by atoms with E-state index in [0.717, 1.165) is 6.54 Å². The summed E-state index contributed by atoms with van der Waals surface area (Å²) in [5, 5.41) is 4.05. The van der Waals surface area contributed by atoms with Crippen LogP contribution in [0.25, 0.3) is 0 Å². The number of hydrogen-bond donors (Lipinski definition) is 1. The smallest absolute Gasteiger partial charge is 0.0792 e. The number of benzene rings is 1. The molecule has 0 aromatic heterocycles. The fraction of sp³-hybridized carbons (Fsp3) is 0.500. The van der Waals surface area contributed by atoms with Crippen molar-refractivity contribution in [3.05, 3.63) is 35.4 Å². The minimum atomic E-state index is 0.522. The molecule has 1 heterocycles. The molecule has 2 heteroatoms. The second-order valence-electron chi connectivity index (χ2n) is 3.99. The SMILES string of the molecule is CC(C)c1ccccc1C1NCCS1. The molecule has 1 N–H and O–H groups in total. The second-order valence-corrected chi connectivity index (χ2v) is 5.20. The van der Waals surface area contributed by atoms with Gasteiger partial charge in [0.2, 0.25) is 0 Å². The topological polar surface area (TPSA) is 12.0 Å². The van der Waals surface area contributed by atoms with E-state index in [4.69, 9.17) is 0 Å². The molecule has 1 aromatic rings. The molecule has 1 nitrogen and oxygen atoms in total. The maximum Gasteiger partial charge on any atom is 0.0792 e. The molecule has 0 radical (unpaired) electrons. The highest BCUT2D eigenvalue weighted by atomic mass is 32.2. The van der Waals surface area contributed by atoms with Crippen molar-refractivity contribution in [1.29, 1.82) is 0 Å². The first kappa shape index (κ1) is 10.1. The summed E-state index contributed by atoms with van der Waals surface area (Å²) < 4.78 is 0. The number of nitrogens with one attached hydrogen (secondary N) is 1. The van der Waals surface area contributed by atoms with Crippen molar-refractivity contribution in [1.82, 2.24) is 5.32 Å². The highest BCUT2D eigenvalue weighted by molar-refractivity contribution is 7.99. The zero-order valence-electron chi connectivity index (χ0n) is 8.79. The fourth-order valence-electron chi connectivity index (χ4n) is 1.90. The van der Waals surface area contributed by atoms with E-state index in [1.54, 1.807) is 0 Å². The Morgan fingerprint density at radius 1 is 1.36 bits per heavy atom. The van der Waals surface area contributed by atoms with Crippen LogP contribution in [0.2, 0.25) is 0 Å². The van der Waals surface area contributed by atoms with Crippen LogP contribution >= 0.6 is 11.8 Å². The second kappa shape index (κ2) is 4.37. The van der Waals surface area contributed by atoms with Crippen LogP contribution in [0.15, 0.2) is 24.3 Å². The average Bonchev–Trinajstić information content (AvgIpc) is 2.70. The van der Waals surface area contributed by atoms with E-state index in [-0.39, 0.29) is 0 Å². The van der Waals surface area contributed by atoms with Gasteiger partial charge in [0.15, 0.2) is 0 Å². The van der Waals surface area contributed by atoms with E-state index in [2.05, 4.69) is 43.4 Å². The maximum absolute atomic E-state index is 3.53. The van der Waals surface area contributed by atoms with Gasteiger partial charge in [0.25, 0.3) is 0 Å². The van der Waals surface area contributed by atoms with Crippen LogP contribution < -0.4 is 5.32 Å². The van der Waals surface area contributed by atoms with E-state index >= 15 is 0 Å². The zero-order valence-corrected chi connectivity index (χ0v) is 9.60. The Kier molecular flexibility index (Phi) is 3.14. The third-order valence-corrected chi connectivity index (χ3v) is 3.81. The lowest BCUT2D eigenvalue weighted by atomic mass is 9.97. The van der Waals surface area contributed by atoms with Crippen LogP contribution in [-0.2, 0) is 0 Å². The van der Waals surface area contributed by atoms with Crippen molar-refractivity contribution in [2.24, 2.45) is 0 Å². The van der Waals surface area contributed by atoms with Crippen LogP contribution in [0.1, 0.15) is 36.3 Å². The molecule has 1 aliphatic heterocycles. The van der Waals surface area contributed by atoms with Gasteiger partial charge in [-0.2, -0.15) is 0 Å². The van der Waals surface area contributed by atoms with Gasteiger partial charge < -0.3 is 5.32 Å². The normalized spacial score (nSPS) is 21.8. The first-order valence-corrected chi connectivity index (χ1v) is 6.27. The zero-order chi connectivity index (χ0) is 9.97. The molecule has 1 aliphatic rings. The van der Waals surface area contributed by atoms with Gasteiger partial charge in [-0.3, -0.25) is 0 Å². The molecule has 0 saturated carbocycles. The predicted octanol–water partition coefficient (Wildman–Crippen LogP) is 3.15. The quantitative estimate of drug-likeness (QED) is 0.799. The highest BCUT2D eigenvalue weighted by Crippen LogP contribution is 2.34. The summed E-state index contributed by atoms with van der Waals surface area (Å²) in [6.07, 6.45) is 0. The third-order valence-electron chi connectivity index (χ3n) is 2.62. The van der Waals surface area contributed by atoms with E-state index in [0.29, 0.717) is 11.3 Å². The van der Waals surface area contributed by atoms with E-state index in [1.165, 1.54) is 16.9 Å². The summed E-state index contributed by atoms with van der Waals surface area (Å²) in [6, 6.07) is 8.78. The molecule has 0 bridgehead atoms. The predicted molar refractivity (Wildman–Crippen MR) is 63.7 cm³/mol. The van der Waals surface area contributed by atoms with Crippen molar-refractivity contribution in [2.45, 2.75) is 25.1 Å². The Morgan fingerprint density at radius 3 is 2.79 bits per heavy atom. The molecule has 1 unspecified atom stereocenters. The number of hydrogen-bond acceptors (Lipinski definition) is 2. The molecule has 76 valence electrons. The van der Waals surface area contributed by atoms with Crippen LogP contribution in [0.3, 0.4) is 0 Å². The van der Waals surface area contributed by atoms with Crippen molar-refractivity contribution in [3.8, 4) is 0 Å². The first-order chi connectivity index (χ1) is 6.79. The Bertz CT molecular complexity index is 303. The lowest BCUT2D eigenvalue weighted by Crippen LogP contribution is -2.14. The maximum atomic E-state index is 3.53. The Labute approximate surface area is 90.3 Å². The van der Waals surface area contributed by atoms with Crippen molar-refractivity contribution < 1.29 is 0 Å². The Hall–Kier alpha value is -0.470. The number of rotatable bonds is 2. The molecular weight excluding hydrogens is 190 g/mol. The summed E-state index contributed by atoms with van der Waals surface area (Å²) in [4.78, 5) is 0. The number of thioether (sulfide) groups is 1. The molecule has 1 aromatic carbocycles. The van der Waals surface area contributed by atoms with Crippen molar-refractivity contribution >= 4 is 11.8 Å². The summed E-state index contributed by atoms with van der Waals surface area (Å²) in [5.41, 5.74) is 2.96. The highest BCUT2D eigenvalue weighted by Gasteiger charge is 2.19. The van der Waals surface area contributed by atoms with Gasteiger partial charge in [-0.15, -0.1) is 11.8 Å². The van der Waals surface area contributed by atoms with E-state index in [1.807, 2.05) is 11.8 Å². The fourth-order valence-corrected chi connectivity index (χ4v) is 3.00. The van der Waals surface area contributed by atoms with Crippen molar-refractivity contribution in [3.63, 3.8) is 0 Å². The molecule has 1 fully saturated rings. The van der Waals surface area contributed by atoms with Gasteiger partial charge in [-0.05, 0) is 17.0 Å². The summed E-state index contributed by atoms with van der Waals surface area (Å²) in [5.74, 6) is 1.85. The van der Waals surface area contributed by atoms with Gasteiger partial charge in [0, 0.05) is 12.3 Å². The monoisotopic (exact) mass is 207 g/mol. The standard InChI is InChI=1S/C12H17NS/c1-9(2)10-5-3-4-6-11(10)12-13-7-8-14-12/h3-6,9,12-13H,7-8H2,1-2H3. The lowest BCUT2D eigenvalue weighted by Gasteiger charge is -2.17. The van der Waals surface area contributed by atoms with Crippen LogP contribution in [0, 0.1) is 0 Å². The summed E-state index contributed by atoms with van der Waals surface area (Å²) in [6.45, 7) is 5.67. The van der Waals surface area contributed by atoms with Crippen LogP contribution in [-0.4, -0.2) is 12.3 Å². The molecule has 0 aliphatic carbocycles. The molecule has 0 spiro atoms. The molecule has 0 amide bonds. The Balaban J connectivity index is 2.30. The average molecular weight is 207 g/mol. The molecular formula is C12H17NS. The summed E-state index contributed by atoms with van der Waals surface area (Å²) in [7, 11) is 0. The van der Waals surface area contributed by atoms with Crippen LogP contribution in [0.4, 0.5) is 0 Å². The minimum Gasteiger partial charge on any atom is -0.301 e. The molecule has 1 atom stereocenters. The lowest BCUT2D eigenvalue weighted by molar-refractivity contribution is 0.730. The van der Waals surface area contributed by atoms with Gasteiger partial charge in [-0.1, -0.05) is 38.1 Å².